The lowest BCUT2D eigenvalue weighted by atomic mass is 9.50. The maximum Gasteiger partial charge on any atom is 0.319 e. The van der Waals surface area contributed by atoms with Crippen LogP contribution in [0.5, 0.6) is 0 Å². The lowest BCUT2D eigenvalue weighted by Crippen LogP contribution is -2.58. The predicted octanol–water partition coefficient (Wildman–Crippen LogP) is 5.31. The molecule has 4 heteroatoms. The summed E-state index contributed by atoms with van der Waals surface area (Å²) in [6.45, 7) is 15.6. The molecule has 1 aliphatic carbocycles. The van der Waals surface area contributed by atoms with Gasteiger partial charge in [-0.05, 0) is 58.3 Å². The molecule has 0 aromatic rings. The first-order valence-corrected chi connectivity index (χ1v) is 10.2. The number of carbonyl (C=O) groups is 3. The molecule has 28 heavy (non-hydrogen) atoms. The molecule has 3 atom stereocenters. The van der Waals surface area contributed by atoms with E-state index in [-0.39, 0.29) is 29.8 Å². The highest BCUT2D eigenvalue weighted by molar-refractivity contribution is 6.14. The molecule has 1 aliphatic rings. The minimum absolute atomic E-state index is 0.0254. The van der Waals surface area contributed by atoms with Gasteiger partial charge in [-0.3, -0.25) is 14.4 Å². The Morgan fingerprint density at radius 2 is 1.64 bits per heavy atom. The van der Waals surface area contributed by atoms with Gasteiger partial charge in [-0.25, -0.2) is 0 Å². The predicted molar refractivity (Wildman–Crippen MR) is 113 cm³/mol. The smallest absolute Gasteiger partial charge is 0.319 e. The highest BCUT2D eigenvalue weighted by Crippen LogP contribution is 2.54. The lowest BCUT2D eigenvalue weighted by Gasteiger charge is -2.50. The average molecular weight is 391 g/mol. The summed E-state index contributed by atoms with van der Waals surface area (Å²) in [5, 5.41) is 0. The Balaban J connectivity index is 3.64. The van der Waals surface area contributed by atoms with E-state index in [9.17, 15) is 14.4 Å². The molecular weight excluding hydrogens is 352 g/mol. The molecule has 0 saturated heterocycles. The fourth-order valence-corrected chi connectivity index (χ4v) is 4.25. The molecule has 4 nitrogen and oxygen atoms in total. The van der Waals surface area contributed by atoms with Gasteiger partial charge in [0.15, 0.2) is 5.78 Å². The number of ketones is 2. The average Bonchev–Trinajstić information content (AvgIpc) is 2.58. The van der Waals surface area contributed by atoms with E-state index in [0.29, 0.717) is 6.42 Å². The van der Waals surface area contributed by atoms with Crippen LogP contribution in [0.2, 0.25) is 0 Å². The van der Waals surface area contributed by atoms with Gasteiger partial charge >= 0.3 is 5.97 Å². The highest BCUT2D eigenvalue weighted by atomic mass is 16.5. The second-order valence-corrected chi connectivity index (χ2v) is 9.65. The Labute approximate surface area is 170 Å². The minimum atomic E-state index is -1.29. The van der Waals surface area contributed by atoms with Crippen LogP contribution in [0.3, 0.4) is 0 Å². The molecule has 0 N–H and O–H groups in total. The molecular formula is C24H38O4. The van der Waals surface area contributed by atoms with Crippen LogP contribution in [-0.2, 0) is 19.1 Å². The fraction of sp³-hybridized carbons (Fsp3) is 0.708. The number of rotatable bonds is 7. The number of ether oxygens (including phenoxy) is 1. The molecule has 1 saturated carbocycles. The van der Waals surface area contributed by atoms with Crippen molar-refractivity contribution >= 4 is 17.5 Å². The molecule has 0 radical (unpaired) electrons. The first-order valence-electron chi connectivity index (χ1n) is 10.2. The summed E-state index contributed by atoms with van der Waals surface area (Å²) in [7, 11) is 1.32. The molecule has 0 aromatic heterocycles. The highest BCUT2D eigenvalue weighted by Gasteiger charge is 2.61. The summed E-state index contributed by atoms with van der Waals surface area (Å²) in [4.78, 5) is 39.8. The molecule has 0 spiro atoms. The molecule has 0 aromatic carbocycles. The van der Waals surface area contributed by atoms with Crippen molar-refractivity contribution in [2.45, 2.75) is 74.7 Å². The van der Waals surface area contributed by atoms with Gasteiger partial charge in [-0.1, -0.05) is 51.0 Å². The Morgan fingerprint density at radius 1 is 1.11 bits per heavy atom. The van der Waals surface area contributed by atoms with E-state index in [2.05, 4.69) is 6.08 Å². The van der Waals surface area contributed by atoms with Crippen molar-refractivity contribution in [3.05, 3.63) is 23.3 Å². The van der Waals surface area contributed by atoms with Gasteiger partial charge in [0, 0.05) is 5.92 Å². The summed E-state index contributed by atoms with van der Waals surface area (Å²) < 4.78 is 5.11. The zero-order valence-electron chi connectivity index (χ0n) is 19.1. The van der Waals surface area contributed by atoms with Gasteiger partial charge in [-0.2, -0.15) is 0 Å². The normalized spacial score (nSPS) is 26.6. The van der Waals surface area contributed by atoms with Crippen molar-refractivity contribution < 1.29 is 19.1 Å². The molecule has 0 amide bonds. The van der Waals surface area contributed by atoms with Crippen molar-refractivity contribution in [2.24, 2.45) is 28.6 Å². The van der Waals surface area contributed by atoms with Gasteiger partial charge in [0.05, 0.1) is 13.0 Å². The standard InChI is InChI=1S/C24H38O4/c1-15(2)10-11-18-14-24(22(27)28-9,13-12-16(3)4)21(26)19(23(18,7)8)20(25)17(5)6/h10,12,17-19H,11,13-14H2,1-9H3/t18-,19+,24-/m1/s1. The summed E-state index contributed by atoms with van der Waals surface area (Å²) in [6, 6.07) is 0. The molecule has 1 rings (SSSR count). The van der Waals surface area contributed by atoms with Gasteiger partial charge in [0.25, 0.3) is 0 Å². The van der Waals surface area contributed by atoms with Crippen LogP contribution in [0.25, 0.3) is 0 Å². The number of allylic oxidation sites excluding steroid dienone is 4. The van der Waals surface area contributed by atoms with E-state index in [1.807, 2.05) is 61.5 Å². The molecule has 0 aliphatic heterocycles. The zero-order valence-corrected chi connectivity index (χ0v) is 19.1. The van der Waals surface area contributed by atoms with Gasteiger partial charge in [0.2, 0.25) is 0 Å². The molecule has 0 heterocycles. The minimum Gasteiger partial charge on any atom is -0.468 e. The Bertz CT molecular complexity index is 673. The third kappa shape index (κ3) is 4.82. The van der Waals surface area contributed by atoms with Crippen molar-refractivity contribution in [3.63, 3.8) is 0 Å². The maximum absolute atomic E-state index is 13.7. The molecule has 0 bridgehead atoms. The van der Waals surface area contributed by atoms with E-state index < -0.39 is 22.7 Å². The Morgan fingerprint density at radius 3 is 2.07 bits per heavy atom. The van der Waals surface area contributed by atoms with Crippen LogP contribution < -0.4 is 0 Å². The van der Waals surface area contributed by atoms with Gasteiger partial charge < -0.3 is 4.74 Å². The van der Waals surface area contributed by atoms with Crippen LogP contribution in [-0.4, -0.2) is 24.6 Å². The fourth-order valence-electron chi connectivity index (χ4n) is 4.25. The summed E-state index contributed by atoms with van der Waals surface area (Å²) in [5.74, 6) is -1.92. The number of hydrogen-bond donors (Lipinski definition) is 0. The van der Waals surface area contributed by atoms with Crippen LogP contribution in [0.15, 0.2) is 23.3 Å². The van der Waals surface area contributed by atoms with E-state index in [1.165, 1.54) is 12.7 Å². The summed E-state index contributed by atoms with van der Waals surface area (Å²) in [6.07, 6.45) is 5.48. The third-order valence-corrected chi connectivity index (χ3v) is 6.22. The first kappa shape index (κ1) is 24.3. The van der Waals surface area contributed by atoms with Crippen molar-refractivity contribution in [1.29, 1.82) is 0 Å². The first-order chi connectivity index (χ1) is 12.8. The number of hydrogen-bond acceptors (Lipinski definition) is 4. The van der Waals surface area contributed by atoms with Crippen molar-refractivity contribution in [2.75, 3.05) is 7.11 Å². The molecule has 0 unspecified atom stereocenters. The molecule has 158 valence electrons. The number of methoxy groups -OCH3 is 1. The number of Topliss-reactive ketones (excluding diaryl/α,β-unsaturated/α-hetero) is 2. The largest absolute Gasteiger partial charge is 0.468 e. The number of esters is 1. The second kappa shape index (κ2) is 9.19. The van der Waals surface area contributed by atoms with Crippen LogP contribution in [0, 0.1) is 28.6 Å². The Kier molecular flexibility index (Phi) is 7.99. The van der Waals surface area contributed by atoms with Crippen LogP contribution in [0.4, 0.5) is 0 Å². The van der Waals surface area contributed by atoms with E-state index in [0.717, 1.165) is 12.0 Å². The summed E-state index contributed by atoms with van der Waals surface area (Å²) in [5.41, 5.74) is 0.407. The van der Waals surface area contributed by atoms with E-state index in [1.54, 1.807) is 0 Å². The lowest BCUT2D eigenvalue weighted by molar-refractivity contribution is -0.171. The van der Waals surface area contributed by atoms with Crippen molar-refractivity contribution in [1.82, 2.24) is 0 Å². The monoisotopic (exact) mass is 390 g/mol. The third-order valence-electron chi connectivity index (χ3n) is 6.22. The van der Waals surface area contributed by atoms with Crippen molar-refractivity contribution in [3.8, 4) is 0 Å². The summed E-state index contributed by atoms with van der Waals surface area (Å²) >= 11 is 0. The van der Waals surface area contributed by atoms with Crippen LogP contribution >= 0.6 is 0 Å². The zero-order chi connectivity index (χ0) is 21.9. The topological polar surface area (TPSA) is 60.4 Å². The van der Waals surface area contributed by atoms with E-state index in [4.69, 9.17) is 4.74 Å². The Hall–Kier alpha value is -1.71. The maximum atomic E-state index is 13.7. The van der Waals surface area contributed by atoms with Gasteiger partial charge in [-0.15, -0.1) is 0 Å². The second-order valence-electron chi connectivity index (χ2n) is 9.65. The quantitative estimate of drug-likeness (QED) is 0.335. The van der Waals surface area contributed by atoms with Gasteiger partial charge in [0.1, 0.15) is 11.2 Å². The molecule has 1 fully saturated rings. The van der Waals surface area contributed by atoms with E-state index >= 15 is 0 Å². The number of carbonyl (C=O) groups excluding carboxylic acids is 3. The van der Waals surface area contributed by atoms with Crippen LogP contribution in [0.1, 0.15) is 74.7 Å². The SMILES string of the molecule is COC(=O)[C@]1(CC=C(C)C)C[C@@H](CC=C(C)C)C(C)(C)[C@@H](C(=O)C(C)C)C1=O.